The van der Waals surface area contributed by atoms with Crippen molar-refractivity contribution < 1.29 is 28.9 Å². The number of ketones is 1. The molecule has 1 saturated heterocycles. The SMILES string of the molecule is CCCOc1ccc(/C(O)=C2/C(=O)C(=O)N(CCCN(C)C)C2c2ccc(OC)c(OC)c2)cc1C. The van der Waals surface area contributed by atoms with Crippen LogP contribution in [0.25, 0.3) is 5.76 Å². The van der Waals surface area contributed by atoms with Gasteiger partial charge >= 0.3 is 0 Å². The molecule has 0 aliphatic carbocycles. The Morgan fingerprint density at radius 3 is 2.33 bits per heavy atom. The normalized spacial score (nSPS) is 17.1. The van der Waals surface area contributed by atoms with Gasteiger partial charge < -0.3 is 29.1 Å². The minimum Gasteiger partial charge on any atom is -0.507 e. The van der Waals surface area contributed by atoms with Crippen LogP contribution >= 0.6 is 0 Å². The number of hydrogen-bond acceptors (Lipinski definition) is 7. The summed E-state index contributed by atoms with van der Waals surface area (Å²) >= 11 is 0. The Balaban J connectivity index is 2.12. The first-order valence-corrected chi connectivity index (χ1v) is 12.1. The predicted molar refractivity (Wildman–Crippen MR) is 139 cm³/mol. The molecule has 8 heteroatoms. The van der Waals surface area contributed by atoms with Gasteiger partial charge in [0.1, 0.15) is 11.5 Å². The van der Waals surface area contributed by atoms with Gasteiger partial charge in [0.15, 0.2) is 11.5 Å². The molecule has 0 radical (unpaired) electrons. The highest BCUT2D eigenvalue weighted by atomic mass is 16.5. The van der Waals surface area contributed by atoms with Crippen molar-refractivity contribution in [3.63, 3.8) is 0 Å². The number of aryl methyl sites for hydroxylation is 1. The molecule has 3 rings (SSSR count). The fourth-order valence-electron chi connectivity index (χ4n) is 4.36. The molecule has 0 saturated carbocycles. The van der Waals surface area contributed by atoms with E-state index in [9.17, 15) is 14.7 Å². The van der Waals surface area contributed by atoms with Crippen LogP contribution in [-0.4, -0.2) is 74.6 Å². The van der Waals surface area contributed by atoms with Crippen molar-refractivity contribution in [2.24, 2.45) is 0 Å². The van der Waals surface area contributed by atoms with Gasteiger partial charge in [0.2, 0.25) is 0 Å². The lowest BCUT2D eigenvalue weighted by Gasteiger charge is -2.26. The van der Waals surface area contributed by atoms with Crippen molar-refractivity contribution in [3.05, 3.63) is 58.7 Å². The maximum atomic E-state index is 13.3. The molecule has 8 nitrogen and oxygen atoms in total. The average molecular weight is 497 g/mol. The molecule has 2 aromatic carbocycles. The van der Waals surface area contributed by atoms with Crippen LogP contribution in [-0.2, 0) is 9.59 Å². The summed E-state index contributed by atoms with van der Waals surface area (Å²) in [4.78, 5) is 30.0. The first-order chi connectivity index (χ1) is 17.2. The highest BCUT2D eigenvalue weighted by Crippen LogP contribution is 2.42. The number of rotatable bonds is 11. The number of ether oxygens (including phenoxy) is 3. The van der Waals surface area contributed by atoms with E-state index in [4.69, 9.17) is 14.2 Å². The molecule has 1 aliphatic heterocycles. The van der Waals surface area contributed by atoms with Gasteiger partial charge in [-0.05, 0) is 81.9 Å². The number of likely N-dealkylation sites (tertiary alicyclic amines) is 1. The average Bonchev–Trinajstić information content (AvgIpc) is 3.11. The van der Waals surface area contributed by atoms with Crippen LogP contribution in [0.2, 0.25) is 0 Å². The number of amides is 1. The highest BCUT2D eigenvalue weighted by molar-refractivity contribution is 6.46. The number of aliphatic hydroxyl groups excluding tert-OH is 1. The molecule has 1 aliphatic rings. The molecule has 1 N–H and O–H groups in total. The Kier molecular flexibility index (Phi) is 8.98. The van der Waals surface area contributed by atoms with Crippen molar-refractivity contribution in [1.29, 1.82) is 0 Å². The zero-order valence-electron chi connectivity index (χ0n) is 22.0. The number of benzene rings is 2. The van der Waals surface area contributed by atoms with E-state index in [-0.39, 0.29) is 11.3 Å². The van der Waals surface area contributed by atoms with Gasteiger partial charge in [-0.2, -0.15) is 0 Å². The summed E-state index contributed by atoms with van der Waals surface area (Å²) in [5.41, 5.74) is 1.99. The largest absolute Gasteiger partial charge is 0.507 e. The summed E-state index contributed by atoms with van der Waals surface area (Å²) in [6, 6.07) is 9.76. The fraction of sp³-hybridized carbons (Fsp3) is 0.429. The van der Waals surface area contributed by atoms with Crippen LogP contribution in [0.3, 0.4) is 0 Å². The molecule has 1 heterocycles. The summed E-state index contributed by atoms with van der Waals surface area (Å²) in [5, 5.41) is 11.4. The molecule has 2 aromatic rings. The van der Waals surface area contributed by atoms with Crippen molar-refractivity contribution in [2.45, 2.75) is 32.7 Å². The lowest BCUT2D eigenvalue weighted by molar-refractivity contribution is -0.139. The van der Waals surface area contributed by atoms with Gasteiger partial charge in [-0.25, -0.2) is 0 Å². The minimum atomic E-state index is -0.761. The lowest BCUT2D eigenvalue weighted by Crippen LogP contribution is -2.32. The highest BCUT2D eigenvalue weighted by Gasteiger charge is 2.46. The molecular formula is C28H36N2O6. The van der Waals surface area contributed by atoms with E-state index < -0.39 is 17.7 Å². The summed E-state index contributed by atoms with van der Waals surface area (Å²) in [6.07, 6.45) is 1.55. The number of carbonyl (C=O) groups is 2. The summed E-state index contributed by atoms with van der Waals surface area (Å²) in [7, 11) is 6.98. The van der Waals surface area contributed by atoms with Crippen LogP contribution in [0.15, 0.2) is 42.0 Å². The number of nitrogens with zero attached hydrogens (tertiary/aromatic N) is 2. The smallest absolute Gasteiger partial charge is 0.295 e. The zero-order chi connectivity index (χ0) is 26.4. The van der Waals surface area contributed by atoms with Crippen molar-refractivity contribution >= 4 is 17.4 Å². The number of aliphatic hydroxyl groups is 1. The molecular weight excluding hydrogens is 460 g/mol. The monoisotopic (exact) mass is 496 g/mol. The Morgan fingerprint density at radius 2 is 1.72 bits per heavy atom. The standard InChI is InChI=1S/C28H36N2O6/c1-7-15-36-21-11-10-20(16-18(21)2)26(31)24-25(19-9-12-22(34-5)23(17-19)35-6)30(28(33)27(24)32)14-8-13-29(3)4/h9-12,16-17,25,31H,7-8,13-15H2,1-6H3/b26-24-. The molecule has 0 spiro atoms. The van der Waals surface area contributed by atoms with Crippen molar-refractivity contribution in [2.75, 3.05) is 48.0 Å². The zero-order valence-corrected chi connectivity index (χ0v) is 22.0. The number of carbonyl (C=O) groups excluding carboxylic acids is 2. The van der Waals surface area contributed by atoms with E-state index in [0.29, 0.717) is 47.9 Å². The van der Waals surface area contributed by atoms with E-state index in [1.54, 1.807) is 43.5 Å². The summed E-state index contributed by atoms with van der Waals surface area (Å²) < 4.78 is 16.6. The molecule has 1 amide bonds. The van der Waals surface area contributed by atoms with Gasteiger partial charge in [0, 0.05) is 12.1 Å². The molecule has 0 bridgehead atoms. The van der Waals surface area contributed by atoms with Gasteiger partial charge in [-0.15, -0.1) is 0 Å². The Bertz CT molecular complexity index is 1140. The topological polar surface area (TPSA) is 88.5 Å². The third kappa shape index (κ3) is 5.65. The van der Waals surface area contributed by atoms with E-state index in [1.807, 2.05) is 32.8 Å². The number of hydrogen-bond donors (Lipinski definition) is 1. The second-order valence-electron chi connectivity index (χ2n) is 9.09. The Hall–Kier alpha value is -3.52. The molecule has 1 atom stereocenters. The number of methoxy groups -OCH3 is 2. The Labute approximate surface area is 213 Å². The molecule has 1 fully saturated rings. The molecule has 36 heavy (non-hydrogen) atoms. The predicted octanol–water partition coefficient (Wildman–Crippen LogP) is 4.17. The van der Waals surface area contributed by atoms with E-state index >= 15 is 0 Å². The van der Waals surface area contributed by atoms with E-state index in [0.717, 1.165) is 18.5 Å². The van der Waals surface area contributed by atoms with Gasteiger partial charge in [0.05, 0.1) is 32.4 Å². The van der Waals surface area contributed by atoms with E-state index in [1.165, 1.54) is 12.0 Å². The maximum Gasteiger partial charge on any atom is 0.295 e. The van der Waals surface area contributed by atoms with Crippen LogP contribution in [0.4, 0.5) is 0 Å². The summed E-state index contributed by atoms with van der Waals surface area (Å²) in [6.45, 7) is 5.61. The second kappa shape index (κ2) is 11.9. The second-order valence-corrected chi connectivity index (χ2v) is 9.09. The van der Waals surface area contributed by atoms with Gasteiger partial charge in [0.25, 0.3) is 11.7 Å². The minimum absolute atomic E-state index is 0.0544. The quantitative estimate of drug-likeness (QED) is 0.284. The molecule has 0 aromatic heterocycles. The third-order valence-electron chi connectivity index (χ3n) is 6.18. The maximum absolute atomic E-state index is 13.3. The summed E-state index contributed by atoms with van der Waals surface area (Å²) in [5.74, 6) is 0.171. The fourth-order valence-corrected chi connectivity index (χ4v) is 4.36. The van der Waals surface area contributed by atoms with Crippen molar-refractivity contribution in [3.8, 4) is 17.2 Å². The third-order valence-corrected chi connectivity index (χ3v) is 6.18. The number of Topliss-reactive ketones (excluding diaryl/α,β-unsaturated/α-hetero) is 1. The van der Waals surface area contributed by atoms with Crippen LogP contribution in [0, 0.1) is 6.92 Å². The van der Waals surface area contributed by atoms with Crippen LogP contribution < -0.4 is 14.2 Å². The molecule has 194 valence electrons. The molecule has 1 unspecified atom stereocenters. The van der Waals surface area contributed by atoms with Crippen LogP contribution in [0.5, 0.6) is 17.2 Å². The lowest BCUT2D eigenvalue weighted by atomic mass is 9.94. The van der Waals surface area contributed by atoms with Gasteiger partial charge in [-0.1, -0.05) is 13.0 Å². The van der Waals surface area contributed by atoms with Gasteiger partial charge in [-0.3, -0.25) is 9.59 Å². The first-order valence-electron chi connectivity index (χ1n) is 12.1. The van der Waals surface area contributed by atoms with Crippen molar-refractivity contribution in [1.82, 2.24) is 9.80 Å². The van der Waals surface area contributed by atoms with Crippen LogP contribution in [0.1, 0.15) is 42.5 Å². The first kappa shape index (κ1) is 27.1. The van der Waals surface area contributed by atoms with E-state index in [2.05, 4.69) is 0 Å². The Morgan fingerprint density at radius 1 is 1.03 bits per heavy atom.